The van der Waals surface area contributed by atoms with Gasteiger partial charge in [-0.3, -0.25) is 9.78 Å². The number of halogens is 1. The van der Waals surface area contributed by atoms with Crippen LogP contribution in [-0.4, -0.2) is 41.2 Å². The van der Waals surface area contributed by atoms with Crippen molar-refractivity contribution in [3.8, 4) is 22.8 Å². The molecule has 3 aromatic rings. The molecule has 0 bridgehead atoms. The lowest BCUT2D eigenvalue weighted by atomic mass is 9.63. The Bertz CT molecular complexity index is 1350. The Labute approximate surface area is 221 Å². The molecule has 2 heterocycles. The molecule has 1 aromatic heterocycles. The molecule has 198 valence electrons. The van der Waals surface area contributed by atoms with Crippen molar-refractivity contribution in [3.63, 3.8) is 0 Å². The molecular weight excluding hydrogens is 485 g/mol. The number of rotatable bonds is 10. The van der Waals surface area contributed by atoms with Gasteiger partial charge in [-0.15, -0.1) is 0 Å². The molecular formula is C30H32FN3O4. The summed E-state index contributed by atoms with van der Waals surface area (Å²) in [6, 6.07) is 12.4. The van der Waals surface area contributed by atoms with Gasteiger partial charge in [0, 0.05) is 24.1 Å². The Morgan fingerprint density at radius 2 is 2.00 bits per heavy atom. The van der Waals surface area contributed by atoms with Crippen molar-refractivity contribution in [2.45, 2.75) is 51.0 Å². The number of carbonyl (C=O) groups is 1. The molecule has 2 aromatic carbocycles. The van der Waals surface area contributed by atoms with Crippen LogP contribution in [0.2, 0.25) is 0 Å². The highest BCUT2D eigenvalue weighted by Crippen LogP contribution is 2.50. The smallest absolute Gasteiger partial charge is 0.303 e. The summed E-state index contributed by atoms with van der Waals surface area (Å²) in [5.41, 5.74) is 2.88. The van der Waals surface area contributed by atoms with E-state index >= 15 is 0 Å². The standard InChI is InChI=1S/C30H32FN3O4/c1-37-22-8-9-26(31)25(13-22)28-29(34-17-30(18-34)10-3-11-30)33-21(15-32-28)16-38-23-5-2-4-20(12-23)24(14-27(35)36)19-6-7-19/h2,4-5,8-9,12-13,15,19,24H,3,6-7,10-11,14,16-18H2,1H3,(H,35,36)/t24-/m0/s1. The minimum absolute atomic E-state index is 0.00438. The molecule has 1 N–H and O–H groups in total. The molecule has 1 saturated heterocycles. The molecule has 1 atom stereocenters. The third-order valence-electron chi connectivity index (χ3n) is 8.26. The van der Waals surface area contributed by atoms with Gasteiger partial charge in [-0.25, -0.2) is 9.37 Å². The van der Waals surface area contributed by atoms with E-state index in [1.165, 1.54) is 25.3 Å². The van der Waals surface area contributed by atoms with Gasteiger partial charge >= 0.3 is 5.97 Å². The summed E-state index contributed by atoms with van der Waals surface area (Å²) in [7, 11) is 1.56. The first-order valence-corrected chi connectivity index (χ1v) is 13.3. The summed E-state index contributed by atoms with van der Waals surface area (Å²) in [5, 5.41) is 9.36. The van der Waals surface area contributed by atoms with E-state index in [0.29, 0.717) is 45.6 Å². The predicted molar refractivity (Wildman–Crippen MR) is 141 cm³/mol. The van der Waals surface area contributed by atoms with Gasteiger partial charge in [0.25, 0.3) is 0 Å². The Morgan fingerprint density at radius 1 is 1.18 bits per heavy atom. The van der Waals surface area contributed by atoms with Crippen LogP contribution in [0.1, 0.15) is 55.7 Å². The molecule has 3 fully saturated rings. The number of anilines is 1. The van der Waals surface area contributed by atoms with Gasteiger partial charge in [-0.2, -0.15) is 0 Å². The number of aliphatic carboxylic acids is 1. The van der Waals surface area contributed by atoms with Crippen LogP contribution < -0.4 is 14.4 Å². The van der Waals surface area contributed by atoms with Crippen molar-refractivity contribution < 1.29 is 23.8 Å². The van der Waals surface area contributed by atoms with E-state index in [1.807, 2.05) is 24.3 Å². The van der Waals surface area contributed by atoms with Crippen LogP contribution in [0.4, 0.5) is 10.2 Å². The molecule has 0 amide bonds. The summed E-state index contributed by atoms with van der Waals surface area (Å²) >= 11 is 0. The van der Waals surface area contributed by atoms with Crippen LogP contribution in [0.3, 0.4) is 0 Å². The lowest BCUT2D eigenvalue weighted by Crippen LogP contribution is -2.60. The van der Waals surface area contributed by atoms with E-state index in [1.54, 1.807) is 25.4 Å². The maximum absolute atomic E-state index is 14.9. The van der Waals surface area contributed by atoms with E-state index in [4.69, 9.17) is 14.5 Å². The number of carboxylic acid groups (broad SMARTS) is 1. The zero-order chi connectivity index (χ0) is 26.3. The van der Waals surface area contributed by atoms with Gasteiger partial charge in [-0.05, 0) is 73.4 Å². The zero-order valence-electron chi connectivity index (χ0n) is 21.5. The summed E-state index contributed by atoms with van der Waals surface area (Å²) in [4.78, 5) is 23.1. The molecule has 7 nitrogen and oxygen atoms in total. The van der Waals surface area contributed by atoms with Crippen LogP contribution in [-0.2, 0) is 11.4 Å². The molecule has 0 radical (unpaired) electrons. The lowest BCUT2D eigenvalue weighted by molar-refractivity contribution is -0.137. The number of ether oxygens (including phenoxy) is 2. The van der Waals surface area contributed by atoms with E-state index in [-0.39, 0.29) is 24.8 Å². The third-order valence-corrected chi connectivity index (χ3v) is 8.26. The number of hydrogen-bond acceptors (Lipinski definition) is 6. The van der Waals surface area contributed by atoms with Crippen molar-refractivity contribution in [3.05, 3.63) is 65.7 Å². The first-order valence-electron chi connectivity index (χ1n) is 13.3. The highest BCUT2D eigenvalue weighted by molar-refractivity contribution is 5.74. The number of nitrogens with zero attached hydrogens (tertiary/aromatic N) is 3. The molecule has 1 aliphatic heterocycles. The average molecular weight is 518 g/mol. The molecule has 38 heavy (non-hydrogen) atoms. The van der Waals surface area contributed by atoms with E-state index in [0.717, 1.165) is 31.5 Å². The van der Waals surface area contributed by atoms with Crippen molar-refractivity contribution in [1.82, 2.24) is 9.97 Å². The largest absolute Gasteiger partial charge is 0.497 e. The van der Waals surface area contributed by atoms with Gasteiger partial charge < -0.3 is 19.5 Å². The highest BCUT2D eigenvalue weighted by Gasteiger charge is 2.48. The second-order valence-corrected chi connectivity index (χ2v) is 11.0. The summed E-state index contributed by atoms with van der Waals surface area (Å²) in [5.74, 6) is 1.18. The van der Waals surface area contributed by atoms with Crippen molar-refractivity contribution >= 4 is 11.8 Å². The predicted octanol–water partition coefficient (Wildman–Crippen LogP) is 5.83. The number of hydrogen-bond donors (Lipinski definition) is 1. The summed E-state index contributed by atoms with van der Waals surface area (Å²) in [6.07, 6.45) is 7.61. The van der Waals surface area contributed by atoms with Gasteiger partial charge in [0.2, 0.25) is 0 Å². The van der Waals surface area contributed by atoms with Crippen molar-refractivity contribution in [2.24, 2.45) is 11.3 Å². The Balaban J connectivity index is 1.24. The molecule has 2 aliphatic carbocycles. The number of aromatic nitrogens is 2. The highest BCUT2D eigenvalue weighted by atomic mass is 19.1. The van der Waals surface area contributed by atoms with Gasteiger partial charge in [-0.1, -0.05) is 18.6 Å². The monoisotopic (exact) mass is 517 g/mol. The van der Waals surface area contributed by atoms with Crippen molar-refractivity contribution in [2.75, 3.05) is 25.1 Å². The maximum atomic E-state index is 14.9. The minimum atomic E-state index is -0.779. The van der Waals surface area contributed by atoms with Crippen molar-refractivity contribution in [1.29, 1.82) is 0 Å². The summed E-state index contributed by atoms with van der Waals surface area (Å²) < 4.78 is 26.3. The average Bonchev–Trinajstić information content (AvgIpc) is 3.70. The number of carboxylic acids is 1. The van der Waals surface area contributed by atoms with Crippen LogP contribution in [0, 0.1) is 17.2 Å². The van der Waals surface area contributed by atoms with Crippen LogP contribution in [0.25, 0.3) is 11.3 Å². The molecule has 2 saturated carbocycles. The molecule has 6 rings (SSSR count). The molecule has 0 unspecified atom stereocenters. The number of benzene rings is 2. The second-order valence-electron chi connectivity index (χ2n) is 11.0. The Hall–Kier alpha value is -3.68. The fraction of sp³-hybridized carbons (Fsp3) is 0.433. The van der Waals surface area contributed by atoms with E-state index < -0.39 is 5.97 Å². The summed E-state index contributed by atoms with van der Waals surface area (Å²) in [6.45, 7) is 2.01. The fourth-order valence-electron chi connectivity index (χ4n) is 5.85. The molecule has 8 heteroatoms. The van der Waals surface area contributed by atoms with E-state index in [9.17, 15) is 14.3 Å². The normalized spacial score (nSPS) is 18.4. The minimum Gasteiger partial charge on any atom is -0.497 e. The van der Waals surface area contributed by atoms with Crippen LogP contribution >= 0.6 is 0 Å². The fourth-order valence-corrected chi connectivity index (χ4v) is 5.85. The Morgan fingerprint density at radius 3 is 2.68 bits per heavy atom. The Kier molecular flexibility index (Phi) is 6.41. The molecule has 1 spiro atoms. The first kappa shape index (κ1) is 24.6. The lowest BCUT2D eigenvalue weighted by Gasteiger charge is -2.56. The molecule has 3 aliphatic rings. The van der Waals surface area contributed by atoms with E-state index in [2.05, 4.69) is 9.88 Å². The number of methoxy groups -OCH3 is 1. The first-order chi connectivity index (χ1) is 18.4. The second kappa shape index (κ2) is 9.89. The van der Waals surface area contributed by atoms with Gasteiger partial charge in [0.05, 0.1) is 25.4 Å². The van der Waals surface area contributed by atoms with Crippen LogP contribution in [0.15, 0.2) is 48.7 Å². The third kappa shape index (κ3) is 4.91. The quantitative estimate of drug-likeness (QED) is 0.362. The topological polar surface area (TPSA) is 84.8 Å². The van der Waals surface area contributed by atoms with Gasteiger partial charge in [0.1, 0.15) is 29.6 Å². The maximum Gasteiger partial charge on any atom is 0.303 e. The zero-order valence-corrected chi connectivity index (χ0v) is 21.5. The van der Waals surface area contributed by atoms with Gasteiger partial charge in [0.15, 0.2) is 5.82 Å². The SMILES string of the molecule is COc1ccc(F)c(-c2ncc(COc3cccc([C@@H](CC(=O)O)C4CC4)c3)nc2N2CC3(CCC3)C2)c1. The van der Waals surface area contributed by atoms with Crippen LogP contribution in [0.5, 0.6) is 11.5 Å².